The normalized spacial score (nSPS) is 12.5. The average Bonchev–Trinajstić information content (AvgIpc) is 2.17. The number of hydrogen-bond donors (Lipinski definition) is 1. The Balaban J connectivity index is 2.63. The van der Waals surface area contributed by atoms with Gasteiger partial charge < -0.3 is 5.11 Å². The second-order valence-electron chi connectivity index (χ2n) is 3.01. The lowest BCUT2D eigenvalue weighted by Crippen LogP contribution is -2.05. The zero-order chi connectivity index (χ0) is 9.68. The molecule has 0 saturated heterocycles. The van der Waals surface area contributed by atoms with Crippen LogP contribution in [0.15, 0.2) is 36.9 Å². The molecule has 0 spiro atoms. The second kappa shape index (κ2) is 5.05. The van der Waals surface area contributed by atoms with Gasteiger partial charge in [0.2, 0.25) is 0 Å². The predicted octanol–water partition coefficient (Wildman–Crippen LogP) is 2.68. The van der Waals surface area contributed by atoms with Crippen molar-refractivity contribution in [2.45, 2.75) is 6.42 Å². The van der Waals surface area contributed by atoms with Crippen LogP contribution in [0.2, 0.25) is 5.02 Å². The van der Waals surface area contributed by atoms with Crippen LogP contribution in [0.5, 0.6) is 0 Å². The SMILES string of the molecule is C=CC(CO)Cc1ccc(Cl)cc1. The molecule has 1 rings (SSSR count). The zero-order valence-corrected chi connectivity index (χ0v) is 8.17. The van der Waals surface area contributed by atoms with E-state index < -0.39 is 0 Å². The smallest absolute Gasteiger partial charge is 0.0496 e. The van der Waals surface area contributed by atoms with E-state index in [4.69, 9.17) is 16.7 Å². The Labute approximate surface area is 83.7 Å². The van der Waals surface area contributed by atoms with Crippen LogP contribution in [0.4, 0.5) is 0 Å². The molecule has 0 saturated carbocycles. The monoisotopic (exact) mass is 196 g/mol. The van der Waals surface area contributed by atoms with Gasteiger partial charge in [0.15, 0.2) is 0 Å². The summed E-state index contributed by atoms with van der Waals surface area (Å²) in [6.45, 7) is 3.80. The Bertz CT molecular complexity index is 266. The number of hydrogen-bond acceptors (Lipinski definition) is 1. The molecule has 0 aliphatic rings. The Hall–Kier alpha value is -0.790. The van der Waals surface area contributed by atoms with Crippen molar-refractivity contribution in [1.82, 2.24) is 0 Å². The van der Waals surface area contributed by atoms with Gasteiger partial charge in [0, 0.05) is 17.5 Å². The van der Waals surface area contributed by atoms with Gasteiger partial charge >= 0.3 is 0 Å². The Morgan fingerprint density at radius 1 is 1.38 bits per heavy atom. The van der Waals surface area contributed by atoms with Crippen LogP contribution in [0.1, 0.15) is 5.56 Å². The van der Waals surface area contributed by atoms with E-state index >= 15 is 0 Å². The molecule has 0 heterocycles. The van der Waals surface area contributed by atoms with Crippen molar-refractivity contribution >= 4 is 11.6 Å². The first-order valence-electron chi connectivity index (χ1n) is 4.24. The summed E-state index contributed by atoms with van der Waals surface area (Å²) >= 11 is 5.75. The summed E-state index contributed by atoms with van der Waals surface area (Å²) in [4.78, 5) is 0. The van der Waals surface area contributed by atoms with Gasteiger partial charge in [0.25, 0.3) is 0 Å². The van der Waals surface area contributed by atoms with Crippen molar-refractivity contribution in [3.63, 3.8) is 0 Å². The molecule has 13 heavy (non-hydrogen) atoms. The van der Waals surface area contributed by atoms with Gasteiger partial charge in [-0.05, 0) is 24.1 Å². The highest BCUT2D eigenvalue weighted by Crippen LogP contribution is 2.13. The standard InChI is InChI=1S/C11H13ClO/c1-2-9(8-13)7-10-3-5-11(12)6-4-10/h2-6,9,13H,1,7-8H2. The molecule has 1 N–H and O–H groups in total. The molecule has 0 aliphatic heterocycles. The summed E-state index contributed by atoms with van der Waals surface area (Å²) in [5.74, 6) is 0.140. The Kier molecular flexibility index (Phi) is 4.00. The zero-order valence-electron chi connectivity index (χ0n) is 7.41. The highest BCUT2D eigenvalue weighted by Gasteiger charge is 2.03. The second-order valence-corrected chi connectivity index (χ2v) is 3.45. The largest absolute Gasteiger partial charge is 0.396 e. The van der Waals surface area contributed by atoms with E-state index in [-0.39, 0.29) is 12.5 Å². The molecule has 1 unspecified atom stereocenters. The van der Waals surface area contributed by atoms with Crippen LogP contribution in [0, 0.1) is 5.92 Å². The summed E-state index contributed by atoms with van der Waals surface area (Å²) in [6, 6.07) is 7.64. The number of benzene rings is 1. The molecule has 70 valence electrons. The summed E-state index contributed by atoms with van der Waals surface area (Å²) in [6.07, 6.45) is 2.59. The fraction of sp³-hybridized carbons (Fsp3) is 0.273. The maximum absolute atomic E-state index is 8.94. The molecule has 0 amide bonds. The number of rotatable bonds is 4. The van der Waals surface area contributed by atoms with Gasteiger partial charge in [-0.25, -0.2) is 0 Å². The van der Waals surface area contributed by atoms with Gasteiger partial charge in [0.05, 0.1) is 0 Å². The molecule has 1 aromatic rings. The van der Waals surface area contributed by atoms with Crippen molar-refractivity contribution in [1.29, 1.82) is 0 Å². The van der Waals surface area contributed by atoms with Crippen LogP contribution in [-0.4, -0.2) is 11.7 Å². The van der Waals surface area contributed by atoms with E-state index in [0.717, 1.165) is 11.4 Å². The Morgan fingerprint density at radius 2 is 2.00 bits per heavy atom. The van der Waals surface area contributed by atoms with Crippen LogP contribution in [0.3, 0.4) is 0 Å². The van der Waals surface area contributed by atoms with E-state index in [1.807, 2.05) is 24.3 Å². The molecule has 1 aromatic carbocycles. The molecule has 2 heteroatoms. The molecule has 1 nitrogen and oxygen atoms in total. The van der Waals surface area contributed by atoms with E-state index in [1.54, 1.807) is 6.08 Å². The number of aliphatic hydroxyl groups excluding tert-OH is 1. The molecule has 0 aliphatic carbocycles. The molecule has 0 bridgehead atoms. The average molecular weight is 197 g/mol. The van der Waals surface area contributed by atoms with Crippen LogP contribution >= 0.6 is 11.6 Å². The van der Waals surface area contributed by atoms with Gasteiger partial charge in [-0.1, -0.05) is 29.8 Å². The lowest BCUT2D eigenvalue weighted by Gasteiger charge is -2.08. The van der Waals surface area contributed by atoms with Gasteiger partial charge in [-0.3, -0.25) is 0 Å². The minimum Gasteiger partial charge on any atom is -0.396 e. The molecule has 0 aromatic heterocycles. The quantitative estimate of drug-likeness (QED) is 0.735. The minimum absolute atomic E-state index is 0.140. The number of aliphatic hydroxyl groups is 1. The van der Waals surface area contributed by atoms with Crippen LogP contribution in [0.25, 0.3) is 0 Å². The number of halogens is 1. The van der Waals surface area contributed by atoms with E-state index in [9.17, 15) is 0 Å². The summed E-state index contributed by atoms with van der Waals surface area (Å²) < 4.78 is 0. The van der Waals surface area contributed by atoms with Crippen LogP contribution in [-0.2, 0) is 6.42 Å². The van der Waals surface area contributed by atoms with Crippen molar-refractivity contribution in [2.24, 2.45) is 5.92 Å². The third kappa shape index (κ3) is 3.21. The van der Waals surface area contributed by atoms with Crippen molar-refractivity contribution in [3.8, 4) is 0 Å². The maximum atomic E-state index is 8.94. The van der Waals surface area contributed by atoms with Crippen molar-refractivity contribution in [3.05, 3.63) is 47.5 Å². The molecule has 0 fully saturated rings. The van der Waals surface area contributed by atoms with Crippen molar-refractivity contribution < 1.29 is 5.11 Å². The summed E-state index contributed by atoms with van der Waals surface area (Å²) in [5, 5.41) is 9.68. The first-order chi connectivity index (χ1) is 6.26. The highest BCUT2D eigenvalue weighted by molar-refractivity contribution is 6.30. The fourth-order valence-electron chi connectivity index (χ4n) is 1.15. The van der Waals surface area contributed by atoms with Crippen LogP contribution < -0.4 is 0 Å². The maximum Gasteiger partial charge on any atom is 0.0496 e. The van der Waals surface area contributed by atoms with Crippen molar-refractivity contribution in [2.75, 3.05) is 6.61 Å². The molecule has 0 radical (unpaired) electrons. The minimum atomic E-state index is 0.140. The summed E-state index contributed by atoms with van der Waals surface area (Å²) in [7, 11) is 0. The van der Waals surface area contributed by atoms with E-state index in [2.05, 4.69) is 6.58 Å². The van der Waals surface area contributed by atoms with E-state index in [1.165, 1.54) is 5.56 Å². The molecular formula is C11H13ClO. The fourth-order valence-corrected chi connectivity index (χ4v) is 1.27. The highest BCUT2D eigenvalue weighted by atomic mass is 35.5. The van der Waals surface area contributed by atoms with Gasteiger partial charge in [-0.2, -0.15) is 0 Å². The lowest BCUT2D eigenvalue weighted by molar-refractivity contribution is 0.252. The summed E-state index contributed by atoms with van der Waals surface area (Å²) in [5.41, 5.74) is 1.17. The predicted molar refractivity (Wildman–Crippen MR) is 55.9 cm³/mol. The topological polar surface area (TPSA) is 20.2 Å². The lowest BCUT2D eigenvalue weighted by atomic mass is 10.0. The van der Waals surface area contributed by atoms with Gasteiger partial charge in [0.1, 0.15) is 0 Å². The van der Waals surface area contributed by atoms with E-state index in [0.29, 0.717) is 0 Å². The molecular weight excluding hydrogens is 184 g/mol. The molecule has 1 atom stereocenters. The third-order valence-corrected chi connectivity index (χ3v) is 2.23. The first kappa shape index (κ1) is 10.3. The third-order valence-electron chi connectivity index (χ3n) is 1.98. The Morgan fingerprint density at radius 3 is 2.46 bits per heavy atom. The first-order valence-corrected chi connectivity index (χ1v) is 4.62. The van der Waals surface area contributed by atoms with Gasteiger partial charge in [-0.15, -0.1) is 6.58 Å².